The molecule has 1 aromatic heterocycles. The largest absolute Gasteiger partial charge is 0.462 e. The molecule has 1 saturated heterocycles. The number of anilines is 1. The van der Waals surface area contributed by atoms with Crippen LogP contribution in [-0.4, -0.2) is 76.7 Å². The third-order valence-corrected chi connectivity index (χ3v) is 5.86. The Labute approximate surface area is 208 Å². The van der Waals surface area contributed by atoms with E-state index in [0.717, 1.165) is 0 Å². The number of rotatable bonds is 7. The van der Waals surface area contributed by atoms with Gasteiger partial charge in [0, 0.05) is 36.8 Å². The maximum atomic E-state index is 12.9. The van der Waals surface area contributed by atoms with E-state index in [9.17, 15) is 14.4 Å². The lowest BCUT2D eigenvalue weighted by Crippen LogP contribution is -2.50. The van der Waals surface area contributed by atoms with Crippen molar-refractivity contribution < 1.29 is 19.1 Å². The number of nitrogens with one attached hydrogen (secondary N) is 1. The highest BCUT2D eigenvalue weighted by atomic mass is 35.5. The Hall–Kier alpha value is -3.69. The molecule has 1 aliphatic heterocycles. The number of carbonyl (C=O) groups is 3. The first-order valence-electron chi connectivity index (χ1n) is 11.3. The summed E-state index contributed by atoms with van der Waals surface area (Å²) >= 11 is 6.01. The average molecular weight is 496 g/mol. The molecule has 1 fully saturated rings. The second-order valence-electron chi connectivity index (χ2n) is 8.00. The number of hydrogen-bond acceptors (Lipinski definition) is 6. The van der Waals surface area contributed by atoms with Crippen molar-refractivity contribution in [1.29, 1.82) is 0 Å². The van der Waals surface area contributed by atoms with Gasteiger partial charge < -0.3 is 15.0 Å². The molecule has 0 aliphatic carbocycles. The third kappa shape index (κ3) is 5.87. The van der Waals surface area contributed by atoms with Gasteiger partial charge in [-0.25, -0.2) is 9.48 Å². The number of halogens is 1. The second-order valence-corrected chi connectivity index (χ2v) is 8.44. The summed E-state index contributed by atoms with van der Waals surface area (Å²) in [6.07, 6.45) is 1.39. The van der Waals surface area contributed by atoms with Gasteiger partial charge in [0.2, 0.25) is 5.91 Å². The third-order valence-electron chi connectivity index (χ3n) is 5.62. The van der Waals surface area contributed by atoms with Gasteiger partial charge in [0.05, 0.1) is 25.0 Å². The highest BCUT2D eigenvalue weighted by Gasteiger charge is 2.25. The van der Waals surface area contributed by atoms with Crippen LogP contribution in [0.2, 0.25) is 5.02 Å². The summed E-state index contributed by atoms with van der Waals surface area (Å²) < 4.78 is 6.63. The molecule has 0 unspecified atom stereocenters. The predicted octanol–water partition coefficient (Wildman–Crippen LogP) is 3.10. The van der Waals surface area contributed by atoms with Crippen molar-refractivity contribution in [3.63, 3.8) is 0 Å². The van der Waals surface area contributed by atoms with Crippen molar-refractivity contribution in [1.82, 2.24) is 19.6 Å². The standard InChI is InChI=1S/C25H26ClN5O4/c1-2-35-25(34)21-16-27-31(20-9-4-3-5-10-20)23(21)28-22(32)17-29-11-13-30(14-12-29)24(33)18-7-6-8-19(26)15-18/h3-10,15-16H,2,11-14,17H2,1H3,(H,28,32). The van der Waals surface area contributed by atoms with Gasteiger partial charge in [-0.05, 0) is 37.3 Å². The molecule has 0 atom stereocenters. The molecule has 1 N–H and O–H groups in total. The number of hydrogen-bond donors (Lipinski definition) is 1. The van der Waals surface area contributed by atoms with Crippen LogP contribution in [0.4, 0.5) is 5.82 Å². The molecule has 182 valence electrons. The Balaban J connectivity index is 1.40. The summed E-state index contributed by atoms with van der Waals surface area (Å²) in [6.45, 7) is 4.12. The van der Waals surface area contributed by atoms with Gasteiger partial charge in [-0.15, -0.1) is 0 Å². The quantitative estimate of drug-likeness (QED) is 0.506. The Morgan fingerprint density at radius 3 is 2.46 bits per heavy atom. The van der Waals surface area contributed by atoms with Crippen LogP contribution in [0, 0.1) is 0 Å². The van der Waals surface area contributed by atoms with Crippen molar-refractivity contribution in [3.8, 4) is 5.69 Å². The summed E-state index contributed by atoms with van der Waals surface area (Å²) in [7, 11) is 0. The molecule has 10 heteroatoms. The topological polar surface area (TPSA) is 96.8 Å². The van der Waals surface area contributed by atoms with Crippen LogP contribution in [0.1, 0.15) is 27.6 Å². The van der Waals surface area contributed by atoms with Gasteiger partial charge in [0.1, 0.15) is 5.56 Å². The maximum Gasteiger partial charge on any atom is 0.343 e. The van der Waals surface area contributed by atoms with Crippen LogP contribution in [0.15, 0.2) is 60.8 Å². The van der Waals surface area contributed by atoms with Crippen molar-refractivity contribution in [3.05, 3.63) is 76.9 Å². The summed E-state index contributed by atoms with van der Waals surface area (Å²) in [4.78, 5) is 41.8. The van der Waals surface area contributed by atoms with Crippen molar-refractivity contribution in [2.75, 3.05) is 44.6 Å². The Morgan fingerprint density at radius 2 is 1.77 bits per heavy atom. The molecule has 9 nitrogen and oxygen atoms in total. The molecular formula is C25H26ClN5O4. The number of aromatic nitrogens is 2. The molecule has 4 rings (SSSR count). The zero-order valence-corrected chi connectivity index (χ0v) is 20.1. The fraction of sp³-hybridized carbons (Fsp3) is 0.280. The van der Waals surface area contributed by atoms with Gasteiger partial charge in [-0.1, -0.05) is 35.9 Å². The molecule has 1 aliphatic rings. The maximum absolute atomic E-state index is 12.9. The van der Waals surface area contributed by atoms with E-state index < -0.39 is 5.97 Å². The highest BCUT2D eigenvalue weighted by Crippen LogP contribution is 2.21. The smallest absolute Gasteiger partial charge is 0.343 e. The van der Waals surface area contributed by atoms with E-state index in [1.165, 1.54) is 10.9 Å². The number of piperazine rings is 1. The van der Waals surface area contributed by atoms with Crippen LogP contribution in [0.5, 0.6) is 0 Å². The number of benzene rings is 2. The van der Waals surface area contributed by atoms with Gasteiger partial charge in [0.15, 0.2) is 5.82 Å². The van der Waals surface area contributed by atoms with E-state index in [4.69, 9.17) is 16.3 Å². The fourth-order valence-corrected chi connectivity index (χ4v) is 4.07. The number of para-hydroxylation sites is 1. The lowest BCUT2D eigenvalue weighted by molar-refractivity contribution is -0.117. The first-order valence-corrected chi connectivity index (χ1v) is 11.7. The van der Waals surface area contributed by atoms with Crippen LogP contribution in [0.3, 0.4) is 0 Å². The molecule has 0 radical (unpaired) electrons. The van der Waals surface area contributed by atoms with Gasteiger partial charge >= 0.3 is 5.97 Å². The lowest BCUT2D eigenvalue weighted by atomic mass is 10.2. The Kier molecular flexibility index (Phi) is 7.79. The molecular weight excluding hydrogens is 470 g/mol. The Bertz CT molecular complexity index is 1210. The molecule has 0 saturated carbocycles. The van der Waals surface area contributed by atoms with Crippen molar-refractivity contribution in [2.24, 2.45) is 0 Å². The normalized spacial score (nSPS) is 13.9. The monoisotopic (exact) mass is 495 g/mol. The minimum atomic E-state index is -0.557. The highest BCUT2D eigenvalue weighted by molar-refractivity contribution is 6.30. The SMILES string of the molecule is CCOC(=O)c1cnn(-c2ccccc2)c1NC(=O)CN1CCN(C(=O)c2cccc(Cl)c2)CC1. The molecule has 2 amide bonds. The zero-order valence-electron chi connectivity index (χ0n) is 19.3. The van der Waals surface area contributed by atoms with E-state index in [0.29, 0.717) is 42.5 Å². The van der Waals surface area contributed by atoms with E-state index in [2.05, 4.69) is 10.4 Å². The number of esters is 1. The van der Waals surface area contributed by atoms with Gasteiger partial charge in [0.25, 0.3) is 5.91 Å². The van der Waals surface area contributed by atoms with Crippen LogP contribution >= 0.6 is 11.6 Å². The number of carbonyl (C=O) groups excluding carboxylic acids is 3. The molecule has 2 aromatic carbocycles. The number of ether oxygens (including phenoxy) is 1. The lowest BCUT2D eigenvalue weighted by Gasteiger charge is -2.34. The second kappa shape index (κ2) is 11.2. The van der Waals surface area contributed by atoms with Crippen LogP contribution in [-0.2, 0) is 9.53 Å². The Morgan fingerprint density at radius 1 is 1.03 bits per heavy atom. The van der Waals surface area contributed by atoms with Gasteiger partial charge in [-0.2, -0.15) is 5.10 Å². The first-order chi connectivity index (χ1) is 17.0. The van der Waals surface area contributed by atoms with E-state index in [1.54, 1.807) is 36.1 Å². The number of nitrogens with zero attached hydrogens (tertiary/aromatic N) is 4. The predicted molar refractivity (Wildman–Crippen MR) is 132 cm³/mol. The first kappa shape index (κ1) is 24.4. The van der Waals surface area contributed by atoms with Crippen molar-refractivity contribution in [2.45, 2.75) is 6.92 Å². The number of amides is 2. The van der Waals surface area contributed by atoms with Crippen LogP contribution < -0.4 is 5.32 Å². The molecule has 3 aromatic rings. The minimum Gasteiger partial charge on any atom is -0.462 e. The summed E-state index contributed by atoms with van der Waals surface area (Å²) in [5, 5.41) is 7.64. The fourth-order valence-electron chi connectivity index (χ4n) is 3.88. The van der Waals surface area contributed by atoms with Crippen LogP contribution in [0.25, 0.3) is 5.69 Å². The molecule has 35 heavy (non-hydrogen) atoms. The van der Waals surface area contributed by atoms with Crippen molar-refractivity contribution >= 4 is 35.2 Å². The molecule has 2 heterocycles. The van der Waals surface area contributed by atoms with E-state index >= 15 is 0 Å². The van der Waals surface area contributed by atoms with E-state index in [1.807, 2.05) is 35.2 Å². The molecule has 0 spiro atoms. The average Bonchev–Trinajstić information content (AvgIpc) is 3.28. The summed E-state index contributed by atoms with van der Waals surface area (Å²) in [5.74, 6) is -0.669. The molecule has 0 bridgehead atoms. The van der Waals surface area contributed by atoms with E-state index in [-0.39, 0.29) is 36.3 Å². The zero-order chi connectivity index (χ0) is 24.8. The van der Waals surface area contributed by atoms with Gasteiger partial charge in [-0.3, -0.25) is 14.5 Å². The summed E-state index contributed by atoms with van der Waals surface area (Å²) in [5.41, 5.74) is 1.43. The summed E-state index contributed by atoms with van der Waals surface area (Å²) in [6, 6.07) is 16.1. The minimum absolute atomic E-state index is 0.0811.